The van der Waals surface area contributed by atoms with Crippen molar-refractivity contribution in [3.05, 3.63) is 0 Å². The van der Waals surface area contributed by atoms with Crippen molar-refractivity contribution in [2.75, 3.05) is 19.0 Å². The number of aliphatic hydroxyl groups is 4. The minimum atomic E-state index is -0.996. The Morgan fingerprint density at radius 1 is 1.38 bits per heavy atom. The molecule has 0 rings (SSSR count). The maximum absolute atomic E-state index is 10.8. The zero-order chi connectivity index (χ0) is 12.6. The summed E-state index contributed by atoms with van der Waals surface area (Å²) < 4.78 is 4.83. The summed E-state index contributed by atoms with van der Waals surface area (Å²) in [6.07, 6.45) is -1.84. The van der Waals surface area contributed by atoms with Gasteiger partial charge in [0.05, 0.1) is 12.7 Å². The third-order valence-corrected chi connectivity index (χ3v) is 3.00. The van der Waals surface area contributed by atoms with E-state index in [1.165, 1.54) is 6.92 Å². The number of rotatable bonds is 8. The van der Waals surface area contributed by atoms with E-state index in [9.17, 15) is 9.90 Å². The van der Waals surface area contributed by atoms with Crippen molar-refractivity contribution in [1.82, 2.24) is 0 Å². The van der Waals surface area contributed by atoms with Crippen LogP contribution in [0.25, 0.3) is 0 Å². The van der Waals surface area contributed by atoms with Crippen molar-refractivity contribution in [2.45, 2.75) is 31.0 Å². The Hall–Kier alpha value is -0.340. The Morgan fingerprint density at radius 2 is 2.00 bits per heavy atom. The molecule has 0 aromatic carbocycles. The van der Waals surface area contributed by atoms with Gasteiger partial charge in [-0.1, -0.05) is 0 Å². The lowest BCUT2D eigenvalue weighted by Gasteiger charge is -2.22. The first-order chi connectivity index (χ1) is 7.51. The van der Waals surface area contributed by atoms with Gasteiger partial charge >= 0.3 is 5.97 Å². The van der Waals surface area contributed by atoms with Gasteiger partial charge in [0.1, 0.15) is 6.10 Å². The van der Waals surface area contributed by atoms with Gasteiger partial charge in [0.25, 0.3) is 0 Å². The van der Waals surface area contributed by atoms with Crippen LogP contribution in [0.5, 0.6) is 0 Å². The molecule has 0 spiro atoms. The summed E-state index contributed by atoms with van der Waals surface area (Å²) >= 11 is 1.02. The molecule has 0 bridgehead atoms. The third kappa shape index (κ3) is 7.02. The largest absolute Gasteiger partial charge is 0.449 e. The average Bonchev–Trinajstić information content (AvgIpc) is 2.23. The molecule has 0 heterocycles. The predicted octanol–water partition coefficient (Wildman–Crippen LogP) is -1.29. The van der Waals surface area contributed by atoms with Gasteiger partial charge in [-0.25, -0.2) is 0 Å². The number of thioether (sulfide) groups is 1. The second-order valence-electron chi connectivity index (χ2n) is 3.23. The minimum absolute atomic E-state index is 0.0835. The summed E-state index contributed by atoms with van der Waals surface area (Å²) in [7, 11) is 0. The fourth-order valence-corrected chi connectivity index (χ4v) is 1.99. The molecule has 0 aliphatic heterocycles. The van der Waals surface area contributed by atoms with Crippen LogP contribution >= 0.6 is 11.8 Å². The highest BCUT2D eigenvalue weighted by atomic mass is 32.2. The Bertz CT molecular complexity index is 200. The van der Waals surface area contributed by atoms with Gasteiger partial charge in [0, 0.05) is 25.7 Å². The molecule has 3 atom stereocenters. The zero-order valence-corrected chi connectivity index (χ0v) is 9.89. The Balaban J connectivity index is 4.14. The molecule has 7 heteroatoms. The van der Waals surface area contributed by atoms with Gasteiger partial charge in [-0.2, -0.15) is 0 Å². The monoisotopic (exact) mass is 254 g/mol. The summed E-state index contributed by atoms with van der Waals surface area (Å²) in [5, 5.41) is 35.9. The van der Waals surface area contributed by atoms with Crippen LogP contribution in [0.2, 0.25) is 0 Å². The number of hydrogen-bond donors (Lipinski definition) is 4. The number of carbonyl (C=O) groups is 1. The maximum atomic E-state index is 10.8. The average molecular weight is 254 g/mol. The summed E-state index contributed by atoms with van der Waals surface area (Å²) in [6, 6.07) is 0. The first-order valence-electron chi connectivity index (χ1n) is 4.88. The molecule has 0 amide bonds. The highest BCUT2D eigenvalue weighted by molar-refractivity contribution is 7.99. The van der Waals surface area contributed by atoms with E-state index in [1.807, 2.05) is 0 Å². The Morgan fingerprint density at radius 3 is 2.44 bits per heavy atom. The van der Waals surface area contributed by atoms with Gasteiger partial charge in [0.2, 0.25) is 0 Å². The van der Waals surface area contributed by atoms with Crippen molar-refractivity contribution >= 4 is 17.7 Å². The van der Waals surface area contributed by atoms with Gasteiger partial charge < -0.3 is 25.2 Å². The first kappa shape index (κ1) is 15.7. The number of ether oxygens (including phenoxy) is 1. The lowest BCUT2D eigenvalue weighted by atomic mass is 10.3. The lowest BCUT2D eigenvalue weighted by molar-refractivity contribution is -0.146. The molecular weight excluding hydrogens is 236 g/mol. The highest BCUT2D eigenvalue weighted by Crippen LogP contribution is 2.19. The van der Waals surface area contributed by atoms with Crippen molar-refractivity contribution in [1.29, 1.82) is 0 Å². The molecule has 0 fully saturated rings. The van der Waals surface area contributed by atoms with Crippen LogP contribution in [0.15, 0.2) is 0 Å². The van der Waals surface area contributed by atoms with Crippen LogP contribution in [0, 0.1) is 0 Å². The van der Waals surface area contributed by atoms with Gasteiger partial charge in [-0.05, 0) is 0 Å². The fourth-order valence-electron chi connectivity index (χ4n) is 0.914. The van der Waals surface area contributed by atoms with Crippen molar-refractivity contribution < 1.29 is 30.0 Å². The van der Waals surface area contributed by atoms with Crippen molar-refractivity contribution in [2.24, 2.45) is 0 Å². The quantitative estimate of drug-likeness (QED) is 0.315. The molecule has 0 aliphatic rings. The number of hydrogen-bond acceptors (Lipinski definition) is 7. The minimum Gasteiger partial charge on any atom is -0.449 e. The van der Waals surface area contributed by atoms with Crippen LogP contribution in [-0.4, -0.2) is 63.0 Å². The topological polar surface area (TPSA) is 107 Å². The molecule has 0 aliphatic carbocycles. The van der Waals surface area contributed by atoms with Gasteiger partial charge in [-0.15, -0.1) is 11.8 Å². The van der Waals surface area contributed by atoms with Crippen LogP contribution in [-0.2, 0) is 9.53 Å². The van der Waals surface area contributed by atoms with E-state index in [1.54, 1.807) is 0 Å². The maximum Gasteiger partial charge on any atom is 0.303 e. The smallest absolute Gasteiger partial charge is 0.303 e. The molecule has 6 nitrogen and oxygen atoms in total. The summed E-state index contributed by atoms with van der Waals surface area (Å²) in [6.45, 7) is 0.597. The molecule has 16 heavy (non-hydrogen) atoms. The van der Waals surface area contributed by atoms with Crippen LogP contribution in [0.1, 0.15) is 13.3 Å². The number of esters is 1. The summed E-state index contributed by atoms with van der Waals surface area (Å²) in [5.41, 5.74) is -0.842. The predicted molar refractivity (Wildman–Crippen MR) is 58.8 cm³/mol. The summed E-state index contributed by atoms with van der Waals surface area (Å²) in [4.78, 5) is 10.8. The Kier molecular flexibility index (Phi) is 8.58. The van der Waals surface area contributed by atoms with E-state index in [2.05, 4.69) is 0 Å². The van der Waals surface area contributed by atoms with Crippen LogP contribution in [0.4, 0.5) is 0 Å². The standard InChI is InChI=1S/C9H18O6S/c1-6(12)15-9(8(14)2-3-10)16-5-7(13)4-11/h7-11,13-14H,2-5H2,1H3. The first-order valence-corrected chi connectivity index (χ1v) is 5.92. The van der Waals surface area contributed by atoms with E-state index >= 15 is 0 Å². The van der Waals surface area contributed by atoms with Crippen LogP contribution < -0.4 is 0 Å². The van der Waals surface area contributed by atoms with Crippen molar-refractivity contribution in [3.8, 4) is 0 Å². The van der Waals surface area contributed by atoms with Crippen LogP contribution in [0.3, 0.4) is 0 Å². The zero-order valence-electron chi connectivity index (χ0n) is 9.07. The molecule has 0 saturated heterocycles. The van der Waals surface area contributed by atoms with E-state index < -0.39 is 30.2 Å². The number of carbonyl (C=O) groups excluding carboxylic acids is 1. The second-order valence-corrected chi connectivity index (χ2v) is 4.36. The molecule has 3 unspecified atom stereocenters. The normalized spacial score (nSPS) is 16.6. The molecular formula is C9H18O6S. The van der Waals surface area contributed by atoms with E-state index in [4.69, 9.17) is 20.1 Å². The van der Waals surface area contributed by atoms with Gasteiger partial charge in [-0.3, -0.25) is 4.79 Å². The molecule has 96 valence electrons. The van der Waals surface area contributed by atoms with E-state index in [-0.39, 0.29) is 18.8 Å². The number of aliphatic hydroxyl groups excluding tert-OH is 4. The molecule has 4 N–H and O–H groups in total. The SMILES string of the molecule is CC(=O)OC(SCC(O)CO)C(O)CCO. The molecule has 0 aromatic heterocycles. The molecule has 0 saturated carbocycles. The van der Waals surface area contributed by atoms with Crippen molar-refractivity contribution in [3.63, 3.8) is 0 Å². The molecule has 0 radical (unpaired) electrons. The fraction of sp³-hybridized carbons (Fsp3) is 0.889. The Labute approximate surface area is 98.2 Å². The van der Waals surface area contributed by atoms with E-state index in [0.29, 0.717) is 0 Å². The summed E-state index contributed by atoms with van der Waals surface area (Å²) in [5.74, 6) is -0.412. The van der Waals surface area contributed by atoms with E-state index in [0.717, 1.165) is 11.8 Å². The highest BCUT2D eigenvalue weighted by Gasteiger charge is 2.23. The second kappa shape index (κ2) is 8.77. The molecule has 0 aromatic rings. The lowest BCUT2D eigenvalue weighted by Crippen LogP contribution is -2.30. The van der Waals surface area contributed by atoms with Gasteiger partial charge in [0.15, 0.2) is 5.44 Å². The third-order valence-electron chi connectivity index (χ3n) is 1.68.